The van der Waals surface area contributed by atoms with Crippen LogP contribution in [-0.4, -0.2) is 22.2 Å². The topological polar surface area (TPSA) is 74.6 Å². The van der Waals surface area contributed by atoms with E-state index in [9.17, 15) is 9.59 Å². The second kappa shape index (κ2) is 6.99. The Hall–Kier alpha value is -1.58. The van der Waals surface area contributed by atoms with Crippen LogP contribution in [-0.2, 0) is 9.59 Å². The van der Waals surface area contributed by atoms with Gasteiger partial charge in [-0.3, -0.25) is 0 Å². The van der Waals surface area contributed by atoms with Gasteiger partial charge in [-0.1, -0.05) is 54.2 Å². The highest BCUT2D eigenvalue weighted by molar-refractivity contribution is 5.88. The van der Waals surface area contributed by atoms with Crippen molar-refractivity contribution in [2.45, 2.75) is 41.5 Å². The molecule has 0 aliphatic heterocycles. The molecule has 4 nitrogen and oxygen atoms in total. The summed E-state index contributed by atoms with van der Waals surface area (Å²) in [5.41, 5.74) is 0.111. The molecular formula is C14H24O4. The molecule has 0 rings (SSSR count). The summed E-state index contributed by atoms with van der Waals surface area (Å²) in [5.74, 6) is -1.80. The van der Waals surface area contributed by atoms with Crippen LogP contribution in [0.2, 0.25) is 0 Å². The molecule has 0 aromatic rings. The fourth-order valence-electron chi connectivity index (χ4n) is 1.03. The lowest BCUT2D eigenvalue weighted by molar-refractivity contribution is -0.134. The maximum absolute atomic E-state index is 11.0. The Labute approximate surface area is 109 Å². The van der Waals surface area contributed by atoms with Crippen molar-refractivity contribution in [2.24, 2.45) is 10.8 Å². The first kappa shape index (κ1) is 18.8. The summed E-state index contributed by atoms with van der Waals surface area (Å²) >= 11 is 0. The van der Waals surface area contributed by atoms with Gasteiger partial charge < -0.3 is 10.2 Å². The number of hydrogen-bond donors (Lipinski definition) is 2. The van der Waals surface area contributed by atoms with E-state index in [1.165, 1.54) is 0 Å². The summed E-state index contributed by atoms with van der Waals surface area (Å²) in [6.45, 7) is 14.7. The highest BCUT2D eigenvalue weighted by Crippen LogP contribution is 2.29. The number of aliphatic carboxylic acids is 2. The fraction of sp³-hybridized carbons (Fsp3) is 0.571. The maximum Gasteiger partial charge on any atom is 0.331 e. The second-order valence-electron chi connectivity index (χ2n) is 6.02. The van der Waals surface area contributed by atoms with Gasteiger partial charge in [-0.05, 0) is 10.8 Å². The number of carboxylic acid groups (broad SMARTS) is 2. The first-order chi connectivity index (χ1) is 7.81. The number of hydrogen-bond acceptors (Lipinski definition) is 2. The molecule has 0 radical (unpaired) electrons. The largest absolute Gasteiger partial charge is 0.478 e. The van der Waals surface area contributed by atoms with Crippen LogP contribution >= 0.6 is 0 Å². The Morgan fingerprint density at radius 3 is 1.39 bits per heavy atom. The summed E-state index contributed by atoms with van der Waals surface area (Å²) in [6, 6.07) is 0. The second-order valence-corrected chi connectivity index (χ2v) is 6.02. The van der Waals surface area contributed by atoms with Gasteiger partial charge in [0.05, 0.1) is 0 Å². The molecule has 0 aromatic carbocycles. The normalized spacial score (nSPS) is 12.2. The van der Waals surface area contributed by atoms with E-state index < -0.39 is 11.9 Å². The molecule has 0 saturated heterocycles. The molecule has 0 aliphatic carbocycles. The van der Waals surface area contributed by atoms with Crippen LogP contribution in [0.5, 0.6) is 0 Å². The highest BCUT2D eigenvalue weighted by atomic mass is 16.4. The molecule has 0 atom stereocenters. The third-order valence-corrected chi connectivity index (χ3v) is 1.79. The van der Waals surface area contributed by atoms with Crippen LogP contribution in [0.1, 0.15) is 41.5 Å². The maximum atomic E-state index is 11.0. The van der Waals surface area contributed by atoms with Gasteiger partial charge >= 0.3 is 11.9 Å². The van der Waals surface area contributed by atoms with Crippen molar-refractivity contribution >= 4 is 11.9 Å². The Balaban J connectivity index is 0. The lowest BCUT2D eigenvalue weighted by Crippen LogP contribution is -2.20. The van der Waals surface area contributed by atoms with Gasteiger partial charge in [0.15, 0.2) is 0 Å². The quantitative estimate of drug-likeness (QED) is 0.743. The van der Waals surface area contributed by atoms with Gasteiger partial charge in [-0.15, -0.1) is 0 Å². The highest BCUT2D eigenvalue weighted by Gasteiger charge is 2.25. The number of carbonyl (C=O) groups is 2. The molecule has 0 unspecified atom stereocenters. The van der Waals surface area contributed by atoms with Crippen LogP contribution in [0, 0.1) is 10.8 Å². The van der Waals surface area contributed by atoms with Crippen molar-refractivity contribution in [2.75, 3.05) is 0 Å². The molecule has 0 aliphatic rings. The van der Waals surface area contributed by atoms with Gasteiger partial charge in [0, 0.05) is 11.6 Å². The molecule has 104 valence electrons. The molecule has 0 aromatic heterocycles. The third-order valence-electron chi connectivity index (χ3n) is 1.79. The Kier molecular flexibility index (Phi) is 7.29. The van der Waals surface area contributed by atoms with Crippen molar-refractivity contribution in [3.8, 4) is 0 Å². The predicted molar refractivity (Wildman–Crippen MR) is 72.5 cm³/mol. The SMILES string of the molecule is C=CC(=O)O.CC(C)(C)C=C(C(=O)O)C(C)(C)C. The average molecular weight is 256 g/mol. The smallest absolute Gasteiger partial charge is 0.331 e. The van der Waals surface area contributed by atoms with Crippen molar-refractivity contribution in [3.63, 3.8) is 0 Å². The molecule has 4 heteroatoms. The molecule has 2 N–H and O–H groups in total. The molecule has 18 heavy (non-hydrogen) atoms. The van der Waals surface area contributed by atoms with E-state index in [0.717, 1.165) is 6.08 Å². The van der Waals surface area contributed by atoms with E-state index in [1.54, 1.807) is 0 Å². The van der Waals surface area contributed by atoms with Gasteiger partial charge in [0.1, 0.15) is 0 Å². The van der Waals surface area contributed by atoms with Gasteiger partial charge in [-0.2, -0.15) is 0 Å². The number of carboxylic acids is 2. The van der Waals surface area contributed by atoms with E-state index in [1.807, 2.05) is 47.6 Å². The van der Waals surface area contributed by atoms with E-state index in [-0.39, 0.29) is 10.8 Å². The average Bonchev–Trinajstić information content (AvgIpc) is 2.11. The Morgan fingerprint density at radius 2 is 1.33 bits per heavy atom. The molecular weight excluding hydrogens is 232 g/mol. The molecule has 0 fully saturated rings. The van der Waals surface area contributed by atoms with Crippen LogP contribution in [0.3, 0.4) is 0 Å². The monoisotopic (exact) mass is 256 g/mol. The van der Waals surface area contributed by atoms with Crippen LogP contribution in [0.4, 0.5) is 0 Å². The fourth-order valence-corrected chi connectivity index (χ4v) is 1.03. The Bertz CT molecular complexity index is 338. The van der Waals surface area contributed by atoms with Crippen molar-refractivity contribution in [1.29, 1.82) is 0 Å². The first-order valence-corrected chi connectivity index (χ1v) is 5.63. The van der Waals surface area contributed by atoms with Crippen LogP contribution < -0.4 is 0 Å². The van der Waals surface area contributed by atoms with Crippen molar-refractivity contribution in [1.82, 2.24) is 0 Å². The summed E-state index contributed by atoms with van der Waals surface area (Å²) in [4.78, 5) is 20.2. The van der Waals surface area contributed by atoms with Gasteiger partial charge in [-0.25, -0.2) is 9.59 Å². The van der Waals surface area contributed by atoms with Crippen LogP contribution in [0.25, 0.3) is 0 Å². The molecule has 0 bridgehead atoms. The lowest BCUT2D eigenvalue weighted by Gasteiger charge is -2.23. The van der Waals surface area contributed by atoms with Crippen molar-refractivity contribution < 1.29 is 19.8 Å². The molecule has 0 amide bonds. The zero-order valence-electron chi connectivity index (χ0n) is 12.1. The third kappa shape index (κ3) is 10.9. The molecule has 0 saturated carbocycles. The van der Waals surface area contributed by atoms with Gasteiger partial charge in [0.2, 0.25) is 0 Å². The minimum atomic E-state index is -0.981. The zero-order chi connectivity index (χ0) is 15.1. The molecule has 0 heterocycles. The lowest BCUT2D eigenvalue weighted by atomic mass is 9.81. The number of rotatable bonds is 2. The minimum absolute atomic E-state index is 0.0823. The summed E-state index contributed by atoms with van der Waals surface area (Å²) in [6.07, 6.45) is 2.66. The molecule has 0 spiro atoms. The Morgan fingerprint density at radius 1 is 1.00 bits per heavy atom. The summed E-state index contributed by atoms with van der Waals surface area (Å²) in [7, 11) is 0. The van der Waals surface area contributed by atoms with Gasteiger partial charge in [0.25, 0.3) is 0 Å². The number of allylic oxidation sites excluding steroid dienone is 1. The van der Waals surface area contributed by atoms with E-state index in [2.05, 4.69) is 6.58 Å². The van der Waals surface area contributed by atoms with E-state index in [0.29, 0.717) is 5.57 Å². The minimum Gasteiger partial charge on any atom is -0.478 e. The summed E-state index contributed by atoms with van der Waals surface area (Å²) in [5, 5.41) is 16.6. The summed E-state index contributed by atoms with van der Waals surface area (Å²) < 4.78 is 0. The predicted octanol–water partition coefficient (Wildman–Crippen LogP) is 3.35. The standard InChI is InChI=1S/C11H20O2.C3H4O2/c1-10(2,3)7-8(9(12)13)11(4,5)6;1-2-3(4)5/h7H,1-6H3,(H,12,13);2H,1H2,(H,4,5). The van der Waals surface area contributed by atoms with E-state index in [4.69, 9.17) is 10.2 Å². The first-order valence-electron chi connectivity index (χ1n) is 5.63. The van der Waals surface area contributed by atoms with Crippen LogP contribution in [0.15, 0.2) is 24.3 Å². The van der Waals surface area contributed by atoms with E-state index >= 15 is 0 Å². The zero-order valence-corrected chi connectivity index (χ0v) is 12.1. The van der Waals surface area contributed by atoms with Crippen molar-refractivity contribution in [3.05, 3.63) is 24.3 Å².